The summed E-state index contributed by atoms with van der Waals surface area (Å²) in [6, 6.07) is 7.89. The number of aromatic hydroxyl groups is 1. The van der Waals surface area contributed by atoms with E-state index in [2.05, 4.69) is 6.92 Å². The van der Waals surface area contributed by atoms with Crippen molar-refractivity contribution in [1.82, 2.24) is 0 Å². The van der Waals surface area contributed by atoms with E-state index in [4.69, 9.17) is 9.52 Å². The highest BCUT2D eigenvalue weighted by Gasteiger charge is 2.01. The van der Waals surface area contributed by atoms with Crippen LogP contribution < -0.4 is 5.63 Å². The smallest absolute Gasteiger partial charge is 0.339 e. The zero-order chi connectivity index (χ0) is 16.4. The number of carbonyl (C=O) groups is 1. The molecule has 5 nitrogen and oxygen atoms in total. The Morgan fingerprint density at radius 1 is 1.14 bits per heavy atom. The fourth-order valence-electron chi connectivity index (χ4n) is 1.97. The van der Waals surface area contributed by atoms with Crippen LogP contribution in [-0.4, -0.2) is 16.2 Å². The van der Waals surface area contributed by atoms with Gasteiger partial charge in [0.25, 0.3) is 0 Å². The van der Waals surface area contributed by atoms with Gasteiger partial charge in [0, 0.05) is 6.42 Å². The van der Waals surface area contributed by atoms with Crippen LogP contribution in [0.15, 0.2) is 39.5 Å². The van der Waals surface area contributed by atoms with Crippen molar-refractivity contribution in [2.45, 2.75) is 45.4 Å². The molecule has 0 spiro atoms. The third kappa shape index (κ3) is 6.43. The topological polar surface area (TPSA) is 87.7 Å². The number of unbranched alkanes of at least 4 members (excludes halogenated alkanes) is 4. The first-order valence-electron chi connectivity index (χ1n) is 7.48. The van der Waals surface area contributed by atoms with Gasteiger partial charge >= 0.3 is 11.6 Å². The molecule has 0 fully saturated rings. The average molecular weight is 306 g/mol. The van der Waals surface area contributed by atoms with Crippen LogP contribution in [0, 0.1) is 0 Å². The number of benzene rings is 1. The first-order valence-corrected chi connectivity index (χ1v) is 7.48. The van der Waals surface area contributed by atoms with Crippen molar-refractivity contribution in [3.05, 3.63) is 40.8 Å². The zero-order valence-electron chi connectivity index (χ0n) is 12.7. The number of carboxylic acids is 1. The molecule has 0 saturated heterocycles. The van der Waals surface area contributed by atoms with E-state index >= 15 is 0 Å². The van der Waals surface area contributed by atoms with Crippen LogP contribution in [0.4, 0.5) is 0 Å². The van der Waals surface area contributed by atoms with Crippen LogP contribution in [0.1, 0.15) is 45.4 Å². The van der Waals surface area contributed by atoms with E-state index in [1.54, 1.807) is 24.3 Å². The third-order valence-corrected chi connectivity index (χ3v) is 3.12. The van der Waals surface area contributed by atoms with Crippen LogP contribution in [0.5, 0.6) is 5.75 Å². The summed E-state index contributed by atoms with van der Waals surface area (Å²) in [5.74, 6) is -0.710. The summed E-state index contributed by atoms with van der Waals surface area (Å²) in [6.45, 7) is 2.15. The first-order chi connectivity index (χ1) is 10.5. The molecule has 0 aliphatic rings. The van der Waals surface area contributed by atoms with Crippen molar-refractivity contribution in [1.29, 1.82) is 0 Å². The second-order valence-corrected chi connectivity index (χ2v) is 5.00. The van der Waals surface area contributed by atoms with Gasteiger partial charge in [0.1, 0.15) is 11.3 Å². The van der Waals surface area contributed by atoms with Gasteiger partial charge in [-0.2, -0.15) is 0 Å². The molecule has 0 saturated carbocycles. The summed E-state index contributed by atoms with van der Waals surface area (Å²) in [5.41, 5.74) is -0.131. The summed E-state index contributed by atoms with van der Waals surface area (Å²) in [5, 5.41) is 18.1. The number of rotatable bonds is 6. The van der Waals surface area contributed by atoms with Gasteiger partial charge in [0.2, 0.25) is 0 Å². The molecule has 0 bridgehead atoms. The maximum atomic E-state index is 10.8. The Bertz CT molecular complexity index is 645. The lowest BCUT2D eigenvalue weighted by molar-refractivity contribution is -0.137. The second kappa shape index (κ2) is 9.60. The molecule has 0 radical (unpaired) electrons. The molecule has 120 valence electrons. The molecule has 1 aromatic heterocycles. The molecular weight excluding hydrogens is 284 g/mol. The van der Waals surface area contributed by atoms with Gasteiger partial charge in [0.15, 0.2) is 0 Å². The van der Waals surface area contributed by atoms with Crippen LogP contribution in [0.2, 0.25) is 0 Å². The average Bonchev–Trinajstić information content (AvgIpc) is 2.47. The van der Waals surface area contributed by atoms with Crippen molar-refractivity contribution in [3.63, 3.8) is 0 Å². The predicted molar refractivity (Wildman–Crippen MR) is 85.2 cm³/mol. The lowest BCUT2D eigenvalue weighted by Crippen LogP contribution is -1.94. The van der Waals surface area contributed by atoms with Crippen LogP contribution in [0.25, 0.3) is 11.0 Å². The van der Waals surface area contributed by atoms with E-state index in [1.807, 2.05) is 0 Å². The van der Waals surface area contributed by atoms with Gasteiger partial charge in [-0.3, -0.25) is 4.79 Å². The van der Waals surface area contributed by atoms with Gasteiger partial charge < -0.3 is 14.6 Å². The van der Waals surface area contributed by atoms with Crippen molar-refractivity contribution in [2.75, 3.05) is 0 Å². The first kappa shape index (κ1) is 17.8. The fraction of sp³-hybridized carbons (Fsp3) is 0.412. The molecule has 2 aromatic rings. The van der Waals surface area contributed by atoms with E-state index in [0.717, 1.165) is 18.9 Å². The monoisotopic (exact) mass is 306 g/mol. The molecule has 22 heavy (non-hydrogen) atoms. The standard InChI is InChI=1S/C9H6O3.C8H16O2/c10-7-5-9(11)12-8-4-2-1-3-6(7)8;1-2-3-4-5-6-7-8(9)10/h1-5,10H;2-7H2,1H3,(H,9,10). The minimum atomic E-state index is -0.670. The van der Waals surface area contributed by atoms with Gasteiger partial charge in [-0.15, -0.1) is 0 Å². The Hall–Kier alpha value is -2.30. The molecule has 0 aliphatic carbocycles. The highest BCUT2D eigenvalue weighted by atomic mass is 16.4. The highest BCUT2D eigenvalue weighted by molar-refractivity contribution is 5.82. The third-order valence-electron chi connectivity index (χ3n) is 3.12. The summed E-state index contributed by atoms with van der Waals surface area (Å²) in [4.78, 5) is 20.8. The van der Waals surface area contributed by atoms with Crippen molar-refractivity contribution in [2.24, 2.45) is 0 Å². The van der Waals surface area contributed by atoms with Gasteiger partial charge in [0.05, 0.1) is 11.5 Å². The molecule has 2 N–H and O–H groups in total. The Balaban J connectivity index is 0.000000225. The fourth-order valence-corrected chi connectivity index (χ4v) is 1.97. The molecule has 0 unspecified atom stereocenters. The molecule has 0 amide bonds. The zero-order valence-corrected chi connectivity index (χ0v) is 12.7. The number of carboxylic acid groups (broad SMARTS) is 1. The van der Waals surface area contributed by atoms with E-state index in [1.165, 1.54) is 19.3 Å². The maximum Gasteiger partial charge on any atom is 0.339 e. The van der Waals surface area contributed by atoms with E-state index < -0.39 is 11.6 Å². The molecule has 1 aromatic carbocycles. The second-order valence-electron chi connectivity index (χ2n) is 5.00. The van der Waals surface area contributed by atoms with E-state index in [0.29, 0.717) is 17.4 Å². The van der Waals surface area contributed by atoms with Crippen molar-refractivity contribution in [3.8, 4) is 5.75 Å². The molecule has 0 aliphatic heterocycles. The summed E-state index contributed by atoms with van der Waals surface area (Å²) >= 11 is 0. The predicted octanol–water partition coefficient (Wildman–Crippen LogP) is 3.93. The largest absolute Gasteiger partial charge is 0.507 e. The SMILES string of the molecule is CCCCCCCC(=O)O.O=c1cc(O)c2ccccc2o1. The molecule has 1 heterocycles. The Labute approximate surface area is 129 Å². The van der Waals surface area contributed by atoms with E-state index in [9.17, 15) is 14.7 Å². The highest BCUT2D eigenvalue weighted by Crippen LogP contribution is 2.20. The Morgan fingerprint density at radius 3 is 2.50 bits per heavy atom. The number of hydrogen-bond donors (Lipinski definition) is 2. The summed E-state index contributed by atoms with van der Waals surface area (Å²) in [6.07, 6.45) is 5.88. The Morgan fingerprint density at radius 2 is 1.82 bits per heavy atom. The number of hydrogen-bond acceptors (Lipinski definition) is 4. The minimum absolute atomic E-state index is 0.0400. The molecule has 5 heteroatoms. The molecule has 0 atom stereocenters. The van der Waals surface area contributed by atoms with Crippen LogP contribution >= 0.6 is 0 Å². The normalized spacial score (nSPS) is 10.0. The number of fused-ring (bicyclic) bond motifs is 1. The minimum Gasteiger partial charge on any atom is -0.507 e. The Kier molecular flexibility index (Phi) is 7.75. The summed E-state index contributed by atoms with van der Waals surface area (Å²) < 4.78 is 4.83. The van der Waals surface area contributed by atoms with Gasteiger partial charge in [-0.05, 0) is 18.6 Å². The van der Waals surface area contributed by atoms with Crippen molar-refractivity contribution >= 4 is 16.9 Å². The quantitative estimate of drug-likeness (QED) is 0.623. The maximum absolute atomic E-state index is 10.8. The molecule has 2 rings (SSSR count). The lowest BCUT2D eigenvalue weighted by Gasteiger charge is -1.96. The summed E-state index contributed by atoms with van der Waals surface area (Å²) in [7, 11) is 0. The van der Waals surface area contributed by atoms with Crippen LogP contribution in [0.3, 0.4) is 0 Å². The molecular formula is C17H22O5. The number of aliphatic carboxylic acids is 1. The lowest BCUT2D eigenvalue weighted by atomic mass is 10.1. The van der Waals surface area contributed by atoms with Crippen LogP contribution in [-0.2, 0) is 4.79 Å². The van der Waals surface area contributed by atoms with Crippen molar-refractivity contribution < 1.29 is 19.4 Å². The van der Waals surface area contributed by atoms with Gasteiger partial charge in [-0.1, -0.05) is 44.7 Å². The number of para-hydroxylation sites is 1. The van der Waals surface area contributed by atoms with Gasteiger partial charge in [-0.25, -0.2) is 4.79 Å². The van der Waals surface area contributed by atoms with E-state index in [-0.39, 0.29) is 5.75 Å².